The maximum absolute atomic E-state index is 13.2. The predicted octanol–water partition coefficient (Wildman–Crippen LogP) is 4.21. The van der Waals surface area contributed by atoms with E-state index in [4.69, 9.17) is 9.47 Å². The van der Waals surface area contributed by atoms with E-state index in [0.717, 1.165) is 5.56 Å². The molecule has 0 radical (unpaired) electrons. The van der Waals surface area contributed by atoms with Gasteiger partial charge in [0.25, 0.3) is 5.91 Å². The number of aromatic nitrogens is 1. The van der Waals surface area contributed by atoms with E-state index in [1.165, 1.54) is 30.4 Å². The van der Waals surface area contributed by atoms with Gasteiger partial charge in [-0.05, 0) is 42.9 Å². The summed E-state index contributed by atoms with van der Waals surface area (Å²) in [6.45, 7) is 8.78. The molecule has 1 amide bonds. The number of phenolic OH excluding ortho intramolecular Hbond substituents is 1. The Hall–Kier alpha value is -3.51. The largest absolute Gasteiger partial charge is 0.508 e. The van der Waals surface area contributed by atoms with Crippen molar-refractivity contribution in [2.24, 2.45) is 11.8 Å². The molecule has 1 heterocycles. The molecule has 226 valence electrons. The summed E-state index contributed by atoms with van der Waals surface area (Å²) in [4.78, 5) is 52.8. The van der Waals surface area contributed by atoms with Crippen LogP contribution in [0.3, 0.4) is 0 Å². The standard InChI is InChI=1S/C29H41N3O8S/c1-6-7-26(35)39-16-30-23(17(2)3)14-25(40-19(5)33)28-32-24(15-41-28)27(36)31-21(12-18(4)29(37)38)13-20-8-10-22(34)11-9-20/h8-11,15,17-18,21,23,25,30,34H,6-7,12-14,16H2,1-5H3,(H,31,36)(H,37,38)/t18-,21+,23+,25+/m0/s1. The van der Waals surface area contributed by atoms with Gasteiger partial charge in [0.05, 0.1) is 5.92 Å². The smallest absolute Gasteiger partial charge is 0.307 e. The zero-order valence-corrected chi connectivity index (χ0v) is 25.0. The number of rotatable bonds is 17. The van der Waals surface area contributed by atoms with Crippen LogP contribution in [0.25, 0.3) is 0 Å². The first-order chi connectivity index (χ1) is 19.4. The first kappa shape index (κ1) is 33.7. The van der Waals surface area contributed by atoms with Crippen LogP contribution in [-0.2, 0) is 30.3 Å². The number of carbonyl (C=O) groups is 4. The molecule has 4 atom stereocenters. The van der Waals surface area contributed by atoms with Gasteiger partial charge < -0.3 is 25.0 Å². The summed E-state index contributed by atoms with van der Waals surface area (Å²) in [5.41, 5.74) is 0.954. The van der Waals surface area contributed by atoms with Gasteiger partial charge in [0.1, 0.15) is 23.2 Å². The fraction of sp³-hybridized carbons (Fsp3) is 0.552. The van der Waals surface area contributed by atoms with Gasteiger partial charge in [-0.2, -0.15) is 0 Å². The van der Waals surface area contributed by atoms with Crippen LogP contribution in [0.1, 0.15) is 87.5 Å². The van der Waals surface area contributed by atoms with Crippen LogP contribution < -0.4 is 10.6 Å². The summed E-state index contributed by atoms with van der Waals surface area (Å²) < 4.78 is 10.8. The Balaban J connectivity index is 2.16. The second kappa shape index (κ2) is 16.7. The molecular formula is C29H41N3O8S. The number of hydrogen-bond donors (Lipinski definition) is 4. The van der Waals surface area contributed by atoms with Gasteiger partial charge in [-0.15, -0.1) is 11.3 Å². The second-order valence-corrected chi connectivity index (χ2v) is 11.3. The summed E-state index contributed by atoms with van der Waals surface area (Å²) in [5, 5.41) is 27.1. The molecule has 0 aliphatic heterocycles. The topological polar surface area (TPSA) is 164 Å². The lowest BCUT2D eigenvalue weighted by Gasteiger charge is -2.26. The predicted molar refractivity (Wildman–Crippen MR) is 153 cm³/mol. The number of aliphatic carboxylic acids is 1. The molecule has 0 aliphatic rings. The number of nitrogens with one attached hydrogen (secondary N) is 2. The number of amides is 1. The fourth-order valence-electron chi connectivity index (χ4n) is 4.16. The Morgan fingerprint density at radius 3 is 2.34 bits per heavy atom. The van der Waals surface area contributed by atoms with E-state index in [9.17, 15) is 29.4 Å². The lowest BCUT2D eigenvalue weighted by atomic mass is 9.96. The molecule has 12 heteroatoms. The van der Waals surface area contributed by atoms with Gasteiger partial charge in [0, 0.05) is 37.2 Å². The minimum atomic E-state index is -0.969. The molecule has 2 rings (SSSR count). The molecule has 0 saturated carbocycles. The number of ether oxygens (including phenoxy) is 2. The van der Waals surface area contributed by atoms with E-state index >= 15 is 0 Å². The van der Waals surface area contributed by atoms with Crippen molar-refractivity contribution in [1.82, 2.24) is 15.6 Å². The van der Waals surface area contributed by atoms with Crippen LogP contribution in [0, 0.1) is 11.8 Å². The normalized spacial score (nSPS) is 14.1. The van der Waals surface area contributed by atoms with Crippen LogP contribution in [0.4, 0.5) is 0 Å². The molecule has 0 bridgehead atoms. The van der Waals surface area contributed by atoms with Gasteiger partial charge in [-0.1, -0.05) is 39.8 Å². The van der Waals surface area contributed by atoms with Crippen molar-refractivity contribution in [3.63, 3.8) is 0 Å². The van der Waals surface area contributed by atoms with Crippen molar-refractivity contribution in [1.29, 1.82) is 0 Å². The Kier molecular flexibility index (Phi) is 13.7. The number of carboxylic acid groups (broad SMARTS) is 1. The van der Waals surface area contributed by atoms with Gasteiger partial charge in [-0.3, -0.25) is 24.5 Å². The Morgan fingerprint density at radius 1 is 1.07 bits per heavy atom. The highest BCUT2D eigenvalue weighted by molar-refractivity contribution is 7.09. The Bertz CT molecular complexity index is 1150. The second-order valence-electron chi connectivity index (χ2n) is 10.4. The summed E-state index contributed by atoms with van der Waals surface area (Å²) in [6, 6.07) is 5.82. The number of benzene rings is 1. The molecule has 11 nitrogen and oxygen atoms in total. The number of phenols is 1. The minimum Gasteiger partial charge on any atom is -0.508 e. The lowest BCUT2D eigenvalue weighted by molar-refractivity contribution is -0.147. The number of carboxylic acids is 1. The number of esters is 2. The third-order valence-corrected chi connectivity index (χ3v) is 7.39. The van der Waals surface area contributed by atoms with Gasteiger partial charge in [0.2, 0.25) is 0 Å². The molecular weight excluding hydrogens is 550 g/mol. The highest BCUT2D eigenvalue weighted by Crippen LogP contribution is 2.28. The average molecular weight is 592 g/mol. The van der Waals surface area contributed by atoms with Crippen molar-refractivity contribution in [3.8, 4) is 5.75 Å². The van der Waals surface area contributed by atoms with Gasteiger partial charge in [-0.25, -0.2) is 4.98 Å². The Labute approximate surface area is 244 Å². The number of thiazole rings is 1. The van der Waals surface area contributed by atoms with E-state index < -0.39 is 35.9 Å². The molecule has 41 heavy (non-hydrogen) atoms. The zero-order chi connectivity index (χ0) is 30.5. The zero-order valence-electron chi connectivity index (χ0n) is 24.2. The lowest BCUT2D eigenvalue weighted by Crippen LogP contribution is -2.39. The first-order valence-corrected chi connectivity index (χ1v) is 14.6. The van der Waals surface area contributed by atoms with Gasteiger partial charge in [0.15, 0.2) is 6.10 Å². The summed E-state index contributed by atoms with van der Waals surface area (Å²) in [7, 11) is 0. The summed E-state index contributed by atoms with van der Waals surface area (Å²) >= 11 is 1.18. The first-order valence-electron chi connectivity index (χ1n) is 13.7. The summed E-state index contributed by atoms with van der Waals surface area (Å²) in [6.07, 6.45) is 1.19. The molecule has 0 fully saturated rings. The van der Waals surface area contributed by atoms with E-state index in [-0.39, 0.29) is 42.5 Å². The van der Waals surface area contributed by atoms with E-state index in [2.05, 4.69) is 15.6 Å². The molecule has 1 aromatic heterocycles. The fourth-order valence-corrected chi connectivity index (χ4v) is 5.00. The van der Waals surface area contributed by atoms with E-state index in [1.54, 1.807) is 24.4 Å². The quantitative estimate of drug-likeness (QED) is 0.155. The van der Waals surface area contributed by atoms with Crippen molar-refractivity contribution in [2.45, 2.75) is 84.9 Å². The maximum atomic E-state index is 13.2. The average Bonchev–Trinajstić information content (AvgIpc) is 3.39. The maximum Gasteiger partial charge on any atom is 0.307 e. The van der Waals surface area contributed by atoms with Crippen molar-refractivity contribution >= 4 is 35.2 Å². The number of nitrogens with zero attached hydrogens (tertiary/aromatic N) is 1. The van der Waals surface area contributed by atoms with Crippen LogP contribution in [0.5, 0.6) is 5.75 Å². The molecule has 1 aromatic carbocycles. The molecule has 0 aliphatic carbocycles. The van der Waals surface area contributed by atoms with Crippen LogP contribution in [-0.4, -0.2) is 57.8 Å². The van der Waals surface area contributed by atoms with Crippen molar-refractivity contribution in [2.75, 3.05) is 6.73 Å². The third-order valence-electron chi connectivity index (χ3n) is 6.46. The Morgan fingerprint density at radius 2 is 1.76 bits per heavy atom. The van der Waals surface area contributed by atoms with Crippen molar-refractivity contribution < 1.29 is 38.9 Å². The van der Waals surface area contributed by atoms with E-state index in [1.807, 2.05) is 20.8 Å². The molecule has 4 N–H and O–H groups in total. The van der Waals surface area contributed by atoms with Crippen LogP contribution >= 0.6 is 11.3 Å². The van der Waals surface area contributed by atoms with Gasteiger partial charge >= 0.3 is 17.9 Å². The van der Waals surface area contributed by atoms with Crippen molar-refractivity contribution in [3.05, 3.63) is 45.9 Å². The van der Waals surface area contributed by atoms with Crippen LogP contribution in [0.15, 0.2) is 29.6 Å². The number of carbonyl (C=O) groups excluding carboxylic acids is 3. The third kappa shape index (κ3) is 11.9. The number of aromatic hydroxyl groups is 1. The van der Waals surface area contributed by atoms with Crippen LogP contribution in [0.2, 0.25) is 0 Å². The molecule has 0 unspecified atom stereocenters. The molecule has 0 spiro atoms. The molecule has 2 aromatic rings. The van der Waals surface area contributed by atoms with E-state index in [0.29, 0.717) is 30.7 Å². The minimum absolute atomic E-state index is 0.0250. The SMILES string of the molecule is CCCC(=O)OCN[C@H](C[C@@H](OC(C)=O)c1nc(C(=O)N[C@@H](Cc2ccc(O)cc2)C[C@H](C)C(=O)O)cs1)C(C)C. The highest BCUT2D eigenvalue weighted by atomic mass is 32.1. The number of hydrogen-bond acceptors (Lipinski definition) is 10. The molecule has 0 saturated heterocycles. The summed E-state index contributed by atoms with van der Waals surface area (Å²) in [5.74, 6) is -2.71. The highest BCUT2D eigenvalue weighted by Gasteiger charge is 2.28. The monoisotopic (exact) mass is 591 g/mol.